The van der Waals surface area contributed by atoms with E-state index >= 15 is 0 Å². The lowest BCUT2D eigenvalue weighted by Gasteiger charge is -2.44. The second-order valence-electron chi connectivity index (χ2n) is 7.45. The zero-order valence-electron chi connectivity index (χ0n) is 14.9. The Morgan fingerprint density at radius 2 is 2.12 bits per heavy atom. The van der Waals surface area contributed by atoms with E-state index in [9.17, 15) is 4.79 Å². The standard InChI is InChI=1S/C17H26N4O3/c1-17(2,3)24-16(22)20(4)12-9-21(10-12)15-8-13(18-11-19-15)14-6-5-7-23-14/h8,11-12,14H,5-7,9-10H2,1-4H3. The van der Waals surface area contributed by atoms with Gasteiger partial charge in [0.05, 0.1) is 17.8 Å². The zero-order chi connectivity index (χ0) is 17.3. The van der Waals surface area contributed by atoms with Crippen LogP contribution in [0.2, 0.25) is 0 Å². The Morgan fingerprint density at radius 3 is 2.75 bits per heavy atom. The molecule has 7 nitrogen and oxygen atoms in total. The number of likely N-dealkylation sites (N-methyl/N-ethyl adjacent to an activating group) is 1. The smallest absolute Gasteiger partial charge is 0.410 e. The molecule has 132 valence electrons. The van der Waals surface area contributed by atoms with Crippen molar-refractivity contribution in [1.29, 1.82) is 0 Å². The van der Waals surface area contributed by atoms with Gasteiger partial charge in [0.25, 0.3) is 0 Å². The molecule has 1 unspecified atom stereocenters. The van der Waals surface area contributed by atoms with Gasteiger partial charge in [-0.05, 0) is 33.6 Å². The Balaban J connectivity index is 1.56. The Morgan fingerprint density at radius 1 is 1.38 bits per heavy atom. The highest BCUT2D eigenvalue weighted by atomic mass is 16.6. The van der Waals surface area contributed by atoms with Crippen LogP contribution >= 0.6 is 0 Å². The number of ether oxygens (including phenoxy) is 2. The van der Waals surface area contributed by atoms with Gasteiger partial charge in [-0.3, -0.25) is 0 Å². The Bertz CT molecular complexity index is 590. The Kier molecular flexibility index (Phi) is 4.62. The highest BCUT2D eigenvalue weighted by molar-refractivity contribution is 5.69. The van der Waals surface area contributed by atoms with Crippen LogP contribution in [0, 0.1) is 0 Å². The maximum Gasteiger partial charge on any atom is 0.410 e. The molecular formula is C17H26N4O3. The van der Waals surface area contributed by atoms with E-state index < -0.39 is 5.60 Å². The molecule has 0 spiro atoms. The molecule has 0 bridgehead atoms. The van der Waals surface area contributed by atoms with Gasteiger partial charge in [-0.15, -0.1) is 0 Å². The van der Waals surface area contributed by atoms with Gasteiger partial charge in [-0.25, -0.2) is 14.8 Å². The topological polar surface area (TPSA) is 67.8 Å². The highest BCUT2D eigenvalue weighted by Gasteiger charge is 2.35. The molecule has 0 radical (unpaired) electrons. The van der Waals surface area contributed by atoms with E-state index in [1.54, 1.807) is 18.3 Å². The van der Waals surface area contributed by atoms with Crippen molar-refractivity contribution < 1.29 is 14.3 Å². The van der Waals surface area contributed by atoms with Crippen LogP contribution in [0.5, 0.6) is 0 Å². The molecule has 0 N–H and O–H groups in total. The maximum absolute atomic E-state index is 12.1. The van der Waals surface area contributed by atoms with Crippen LogP contribution in [0.15, 0.2) is 12.4 Å². The van der Waals surface area contributed by atoms with Crippen molar-refractivity contribution in [2.75, 3.05) is 31.6 Å². The first kappa shape index (κ1) is 17.0. The summed E-state index contributed by atoms with van der Waals surface area (Å²) in [5, 5.41) is 0. The lowest BCUT2D eigenvalue weighted by Crippen LogP contribution is -2.60. The van der Waals surface area contributed by atoms with Crippen LogP contribution in [0.1, 0.15) is 45.4 Å². The molecule has 3 heterocycles. The molecule has 1 aromatic heterocycles. The van der Waals surface area contributed by atoms with Crippen molar-refractivity contribution in [1.82, 2.24) is 14.9 Å². The van der Waals surface area contributed by atoms with E-state index in [1.165, 1.54) is 0 Å². The Hall–Kier alpha value is -1.89. The van der Waals surface area contributed by atoms with Gasteiger partial charge in [0.15, 0.2) is 0 Å². The summed E-state index contributed by atoms with van der Waals surface area (Å²) >= 11 is 0. The fourth-order valence-corrected chi connectivity index (χ4v) is 2.89. The van der Waals surface area contributed by atoms with Gasteiger partial charge >= 0.3 is 6.09 Å². The number of carbonyl (C=O) groups is 1. The molecule has 2 fully saturated rings. The molecule has 2 aliphatic heterocycles. The largest absolute Gasteiger partial charge is 0.444 e. The maximum atomic E-state index is 12.1. The number of amides is 1. The van der Waals surface area contributed by atoms with E-state index in [2.05, 4.69) is 14.9 Å². The molecule has 1 aromatic rings. The first-order valence-electron chi connectivity index (χ1n) is 8.48. The molecule has 2 saturated heterocycles. The van der Waals surface area contributed by atoms with E-state index in [1.807, 2.05) is 26.8 Å². The zero-order valence-corrected chi connectivity index (χ0v) is 14.9. The summed E-state index contributed by atoms with van der Waals surface area (Å²) in [6.07, 6.45) is 3.50. The SMILES string of the molecule is CN(C(=O)OC(C)(C)C)C1CN(c2cc(C3CCCO3)ncn2)C1. The molecule has 0 saturated carbocycles. The van der Waals surface area contributed by atoms with Crippen LogP contribution in [0.3, 0.4) is 0 Å². The summed E-state index contributed by atoms with van der Waals surface area (Å²) in [6.45, 7) is 7.92. The average molecular weight is 334 g/mol. The van der Waals surface area contributed by atoms with E-state index in [0.29, 0.717) is 0 Å². The highest BCUT2D eigenvalue weighted by Crippen LogP contribution is 2.30. The Labute approximate surface area is 143 Å². The number of rotatable bonds is 3. The number of carbonyl (C=O) groups excluding carboxylic acids is 1. The van der Waals surface area contributed by atoms with Crippen LogP contribution in [-0.2, 0) is 9.47 Å². The second kappa shape index (κ2) is 6.55. The van der Waals surface area contributed by atoms with Crippen molar-refractivity contribution in [2.24, 2.45) is 0 Å². The van der Waals surface area contributed by atoms with Crippen molar-refractivity contribution in [3.63, 3.8) is 0 Å². The minimum absolute atomic E-state index is 0.0910. The van der Waals surface area contributed by atoms with E-state index in [-0.39, 0.29) is 18.2 Å². The fourth-order valence-electron chi connectivity index (χ4n) is 2.89. The summed E-state index contributed by atoms with van der Waals surface area (Å²) in [4.78, 5) is 24.6. The van der Waals surface area contributed by atoms with Crippen molar-refractivity contribution >= 4 is 11.9 Å². The summed E-state index contributed by atoms with van der Waals surface area (Å²) in [6, 6.07) is 2.14. The first-order chi connectivity index (χ1) is 11.3. The van der Waals surface area contributed by atoms with Gasteiger partial charge in [-0.1, -0.05) is 0 Å². The number of aromatic nitrogens is 2. The molecular weight excluding hydrogens is 308 g/mol. The van der Waals surface area contributed by atoms with Crippen LogP contribution in [0.4, 0.5) is 10.6 Å². The third-order valence-corrected chi connectivity index (χ3v) is 4.35. The predicted molar refractivity (Wildman–Crippen MR) is 90.0 cm³/mol. The molecule has 1 atom stereocenters. The molecule has 2 aliphatic rings. The number of anilines is 1. The van der Waals surface area contributed by atoms with Crippen LogP contribution in [0.25, 0.3) is 0 Å². The predicted octanol–water partition coefficient (Wildman–Crippen LogP) is 2.38. The van der Waals surface area contributed by atoms with Gasteiger partial charge < -0.3 is 19.3 Å². The molecule has 7 heteroatoms. The fraction of sp³-hybridized carbons (Fsp3) is 0.706. The van der Waals surface area contributed by atoms with E-state index in [4.69, 9.17) is 9.47 Å². The summed E-state index contributed by atoms with van der Waals surface area (Å²) in [7, 11) is 1.79. The van der Waals surface area contributed by atoms with Crippen molar-refractivity contribution in [3.8, 4) is 0 Å². The first-order valence-corrected chi connectivity index (χ1v) is 8.48. The second-order valence-corrected chi connectivity index (χ2v) is 7.45. The van der Waals surface area contributed by atoms with E-state index in [0.717, 1.165) is 44.0 Å². The van der Waals surface area contributed by atoms with Crippen LogP contribution in [-0.4, -0.2) is 59.3 Å². The third-order valence-electron chi connectivity index (χ3n) is 4.35. The third kappa shape index (κ3) is 3.77. The molecule has 24 heavy (non-hydrogen) atoms. The molecule has 0 aliphatic carbocycles. The quantitative estimate of drug-likeness (QED) is 0.845. The normalized spacial score (nSPS) is 21.5. The van der Waals surface area contributed by atoms with Crippen LogP contribution < -0.4 is 4.90 Å². The summed E-state index contributed by atoms with van der Waals surface area (Å²) in [5.41, 5.74) is 0.471. The van der Waals surface area contributed by atoms with Crippen molar-refractivity contribution in [3.05, 3.63) is 18.1 Å². The minimum atomic E-state index is -0.475. The lowest BCUT2D eigenvalue weighted by molar-refractivity contribution is 0.0196. The van der Waals surface area contributed by atoms with Gasteiger partial charge in [0.2, 0.25) is 0 Å². The van der Waals surface area contributed by atoms with Gasteiger partial charge in [0.1, 0.15) is 17.7 Å². The molecule has 1 amide bonds. The van der Waals surface area contributed by atoms with Gasteiger partial charge in [0, 0.05) is 32.8 Å². The lowest BCUT2D eigenvalue weighted by atomic mass is 10.1. The summed E-state index contributed by atoms with van der Waals surface area (Å²) < 4.78 is 11.1. The minimum Gasteiger partial charge on any atom is -0.444 e. The number of nitrogens with zero attached hydrogens (tertiary/aromatic N) is 4. The summed E-state index contributed by atoms with van der Waals surface area (Å²) in [5.74, 6) is 0.893. The average Bonchev–Trinajstić information content (AvgIpc) is 2.98. The van der Waals surface area contributed by atoms with Gasteiger partial charge in [-0.2, -0.15) is 0 Å². The molecule has 3 rings (SSSR count). The monoisotopic (exact) mass is 334 g/mol. The number of hydrogen-bond donors (Lipinski definition) is 0. The van der Waals surface area contributed by atoms with Crippen molar-refractivity contribution in [2.45, 2.75) is 51.4 Å². The number of hydrogen-bond acceptors (Lipinski definition) is 6. The molecule has 0 aromatic carbocycles.